The molecule has 156 valence electrons. The number of phenols is 2. The van der Waals surface area contributed by atoms with Gasteiger partial charge in [0.2, 0.25) is 0 Å². The molecule has 0 saturated heterocycles. The van der Waals surface area contributed by atoms with Crippen molar-refractivity contribution in [2.24, 2.45) is 0 Å². The van der Waals surface area contributed by atoms with Gasteiger partial charge in [0.05, 0.1) is 20.9 Å². The van der Waals surface area contributed by atoms with Crippen LogP contribution in [0.3, 0.4) is 0 Å². The number of carboxylic acid groups (broad SMARTS) is 2. The number of hydrogen-bond acceptors (Lipinski definition) is 5. The summed E-state index contributed by atoms with van der Waals surface area (Å²) in [6, 6.07) is 5.37. The average Bonchev–Trinajstić information content (AvgIpc) is 2.68. The molecule has 2 rings (SSSR count). The lowest BCUT2D eigenvalue weighted by Gasteiger charge is -2.22. The Labute approximate surface area is 174 Å². The molecule has 2 aromatic rings. The summed E-state index contributed by atoms with van der Waals surface area (Å²) in [4.78, 5) is 24.2. The minimum atomic E-state index is -1.10. The summed E-state index contributed by atoms with van der Waals surface area (Å²) < 4.78 is 0. The van der Waals surface area contributed by atoms with Crippen molar-refractivity contribution in [3.8, 4) is 11.5 Å². The SMILES string of the molecule is CCC(C)c1c(C(=O)O)ccc(O)c1Sc1c(O)ccc(C(=O)O)c1C(C)CC. The summed E-state index contributed by atoms with van der Waals surface area (Å²) in [6.07, 6.45) is 1.30. The van der Waals surface area contributed by atoms with E-state index in [-0.39, 0.29) is 34.5 Å². The second-order valence-electron chi connectivity index (χ2n) is 7.08. The van der Waals surface area contributed by atoms with Crippen LogP contribution in [0.5, 0.6) is 11.5 Å². The summed E-state index contributed by atoms with van der Waals surface area (Å²) in [6.45, 7) is 7.58. The van der Waals surface area contributed by atoms with Crippen LogP contribution in [-0.4, -0.2) is 32.4 Å². The Balaban J connectivity index is 2.81. The van der Waals surface area contributed by atoms with Gasteiger partial charge in [-0.05, 0) is 60.1 Å². The zero-order valence-electron chi connectivity index (χ0n) is 16.9. The molecule has 0 aliphatic heterocycles. The zero-order valence-corrected chi connectivity index (χ0v) is 17.7. The van der Waals surface area contributed by atoms with E-state index in [1.807, 2.05) is 27.7 Å². The molecule has 4 N–H and O–H groups in total. The van der Waals surface area contributed by atoms with Gasteiger partial charge in [0.1, 0.15) is 11.5 Å². The molecular formula is C22H26O6S. The number of phenolic OH excluding ortho intramolecular Hbond substituents is 2. The van der Waals surface area contributed by atoms with Gasteiger partial charge in [0.15, 0.2) is 0 Å². The van der Waals surface area contributed by atoms with E-state index in [1.165, 1.54) is 24.3 Å². The summed E-state index contributed by atoms with van der Waals surface area (Å²) in [5, 5.41) is 40.3. The van der Waals surface area contributed by atoms with E-state index < -0.39 is 11.9 Å². The molecule has 0 aromatic heterocycles. The van der Waals surface area contributed by atoms with E-state index in [4.69, 9.17) is 0 Å². The lowest BCUT2D eigenvalue weighted by atomic mass is 9.93. The number of aromatic carboxylic acids is 2. The van der Waals surface area contributed by atoms with Crippen molar-refractivity contribution in [3.05, 3.63) is 46.5 Å². The molecule has 6 nitrogen and oxygen atoms in total. The molecule has 0 saturated carbocycles. The second kappa shape index (κ2) is 9.22. The van der Waals surface area contributed by atoms with Gasteiger partial charge in [0.25, 0.3) is 0 Å². The summed E-state index contributed by atoms with van der Waals surface area (Å²) in [5.41, 5.74) is 1.11. The fraction of sp³-hybridized carbons (Fsp3) is 0.364. The van der Waals surface area contributed by atoms with Gasteiger partial charge < -0.3 is 20.4 Å². The highest BCUT2D eigenvalue weighted by molar-refractivity contribution is 7.99. The molecule has 0 aliphatic rings. The predicted molar refractivity (Wildman–Crippen MR) is 112 cm³/mol. The summed E-state index contributed by atoms with van der Waals surface area (Å²) in [5.74, 6) is -2.74. The molecule has 0 heterocycles. The average molecular weight is 419 g/mol. The molecule has 0 aliphatic carbocycles. The third-order valence-electron chi connectivity index (χ3n) is 5.23. The molecule has 0 radical (unpaired) electrons. The standard InChI is InChI=1S/C22H26O6S/c1-5-11(3)17-13(21(25)26)7-9-15(23)19(17)29-20-16(24)10-8-14(22(27)28)18(20)12(4)6-2/h7-12,23-24H,5-6H2,1-4H3,(H,25,26)(H,27,28). The van der Waals surface area contributed by atoms with Crippen LogP contribution in [0.4, 0.5) is 0 Å². The Kier molecular flexibility index (Phi) is 7.19. The van der Waals surface area contributed by atoms with Gasteiger partial charge in [-0.3, -0.25) is 0 Å². The first-order valence-electron chi connectivity index (χ1n) is 9.50. The van der Waals surface area contributed by atoms with Gasteiger partial charge in [-0.1, -0.05) is 39.5 Å². The predicted octanol–water partition coefficient (Wildman–Crippen LogP) is 5.67. The minimum Gasteiger partial charge on any atom is -0.507 e. The van der Waals surface area contributed by atoms with Crippen LogP contribution in [0.2, 0.25) is 0 Å². The first-order chi connectivity index (χ1) is 13.6. The fourth-order valence-electron chi connectivity index (χ4n) is 3.25. The number of carboxylic acids is 2. The maximum Gasteiger partial charge on any atom is 0.336 e. The van der Waals surface area contributed by atoms with Crippen molar-refractivity contribution >= 4 is 23.7 Å². The topological polar surface area (TPSA) is 115 Å². The second-order valence-corrected chi connectivity index (χ2v) is 8.10. The third kappa shape index (κ3) is 4.50. The van der Waals surface area contributed by atoms with E-state index in [0.717, 1.165) is 11.8 Å². The van der Waals surface area contributed by atoms with Crippen molar-refractivity contribution < 1.29 is 30.0 Å². The van der Waals surface area contributed by atoms with E-state index in [2.05, 4.69) is 0 Å². The lowest BCUT2D eigenvalue weighted by molar-refractivity contribution is 0.0684. The zero-order chi connectivity index (χ0) is 21.9. The lowest BCUT2D eigenvalue weighted by Crippen LogP contribution is -2.09. The molecule has 0 amide bonds. The first-order valence-corrected chi connectivity index (χ1v) is 10.3. The Morgan fingerprint density at radius 2 is 1.14 bits per heavy atom. The fourth-order valence-corrected chi connectivity index (χ4v) is 4.64. The minimum absolute atomic E-state index is 0.0821. The van der Waals surface area contributed by atoms with Gasteiger partial charge >= 0.3 is 11.9 Å². The molecule has 29 heavy (non-hydrogen) atoms. The van der Waals surface area contributed by atoms with Crippen molar-refractivity contribution in [1.29, 1.82) is 0 Å². The molecule has 7 heteroatoms. The van der Waals surface area contributed by atoms with Crippen LogP contribution >= 0.6 is 11.8 Å². The van der Waals surface area contributed by atoms with E-state index >= 15 is 0 Å². The van der Waals surface area contributed by atoms with Crippen LogP contribution in [-0.2, 0) is 0 Å². The third-order valence-corrected chi connectivity index (χ3v) is 6.49. The van der Waals surface area contributed by atoms with Gasteiger partial charge in [-0.2, -0.15) is 0 Å². The largest absolute Gasteiger partial charge is 0.507 e. The Morgan fingerprint density at radius 3 is 1.41 bits per heavy atom. The summed E-state index contributed by atoms with van der Waals surface area (Å²) in [7, 11) is 0. The molecular weight excluding hydrogens is 392 g/mol. The van der Waals surface area contributed by atoms with Gasteiger partial charge in [0, 0.05) is 0 Å². The molecule has 2 unspecified atom stereocenters. The Hall–Kier alpha value is -2.67. The van der Waals surface area contributed by atoms with Crippen LogP contribution in [0.1, 0.15) is 84.2 Å². The van der Waals surface area contributed by atoms with Crippen LogP contribution < -0.4 is 0 Å². The Morgan fingerprint density at radius 1 is 0.793 bits per heavy atom. The number of benzene rings is 2. The van der Waals surface area contributed by atoms with E-state index in [1.54, 1.807) is 0 Å². The monoisotopic (exact) mass is 418 g/mol. The normalized spacial score (nSPS) is 13.1. The molecule has 2 atom stereocenters. The van der Waals surface area contributed by atoms with Crippen molar-refractivity contribution in [2.75, 3.05) is 0 Å². The highest BCUT2D eigenvalue weighted by Gasteiger charge is 2.27. The number of rotatable bonds is 8. The molecule has 0 bridgehead atoms. The first kappa shape index (κ1) is 22.6. The van der Waals surface area contributed by atoms with Crippen LogP contribution in [0, 0.1) is 0 Å². The molecule has 2 aromatic carbocycles. The maximum absolute atomic E-state index is 11.8. The molecule has 0 spiro atoms. The van der Waals surface area contributed by atoms with Crippen molar-refractivity contribution in [1.82, 2.24) is 0 Å². The Bertz CT molecular complexity index is 862. The number of hydrogen-bond donors (Lipinski definition) is 4. The van der Waals surface area contributed by atoms with Crippen molar-refractivity contribution in [3.63, 3.8) is 0 Å². The maximum atomic E-state index is 11.8. The van der Waals surface area contributed by atoms with Crippen LogP contribution in [0.15, 0.2) is 34.1 Å². The highest BCUT2D eigenvalue weighted by atomic mass is 32.2. The smallest absolute Gasteiger partial charge is 0.336 e. The van der Waals surface area contributed by atoms with Gasteiger partial charge in [-0.15, -0.1) is 0 Å². The van der Waals surface area contributed by atoms with Crippen LogP contribution in [0.25, 0.3) is 0 Å². The number of carbonyl (C=O) groups is 2. The van der Waals surface area contributed by atoms with Gasteiger partial charge in [-0.25, -0.2) is 9.59 Å². The summed E-state index contributed by atoms with van der Waals surface area (Å²) >= 11 is 1.02. The van der Waals surface area contributed by atoms with E-state index in [0.29, 0.717) is 33.8 Å². The quantitative estimate of drug-likeness (QED) is 0.436. The number of aromatic hydroxyl groups is 2. The molecule has 0 fully saturated rings. The van der Waals surface area contributed by atoms with Crippen molar-refractivity contribution in [2.45, 2.75) is 62.2 Å². The van der Waals surface area contributed by atoms with E-state index in [9.17, 15) is 30.0 Å². The highest BCUT2D eigenvalue weighted by Crippen LogP contribution is 2.48.